The molecule has 25 heavy (non-hydrogen) atoms. The molecule has 0 saturated carbocycles. The van der Waals surface area contributed by atoms with E-state index >= 15 is 0 Å². The normalized spacial score (nSPS) is 11.9. The maximum atomic E-state index is 11.3. The molecule has 8 nitrogen and oxygen atoms in total. The first-order valence-corrected chi connectivity index (χ1v) is 9.73. The van der Waals surface area contributed by atoms with Gasteiger partial charge in [0.1, 0.15) is 11.5 Å². The molecule has 0 aliphatic heterocycles. The second kappa shape index (κ2) is 10.8. The van der Waals surface area contributed by atoms with E-state index in [1.807, 2.05) is 18.2 Å². The molecule has 0 atom stereocenters. The monoisotopic (exact) mass is 372 g/mol. The largest absolute Gasteiger partial charge is 0.497 e. The number of ether oxygens (including phenoxy) is 2. The maximum absolute atomic E-state index is 11.3. The van der Waals surface area contributed by atoms with Crippen molar-refractivity contribution in [2.45, 2.75) is 19.9 Å². The van der Waals surface area contributed by atoms with Gasteiger partial charge < -0.3 is 20.1 Å². The average Bonchev–Trinajstić information content (AvgIpc) is 2.63. The number of nitrogens with zero attached hydrogens (tertiary/aromatic N) is 1. The highest BCUT2D eigenvalue weighted by Crippen LogP contribution is 2.24. The third-order valence-electron chi connectivity index (χ3n) is 3.51. The van der Waals surface area contributed by atoms with Crippen LogP contribution in [0.15, 0.2) is 23.2 Å². The van der Waals surface area contributed by atoms with E-state index in [0.29, 0.717) is 32.0 Å². The molecule has 142 valence electrons. The lowest BCUT2D eigenvalue weighted by molar-refractivity contribution is 0.390. The molecule has 0 unspecified atom stereocenters. The van der Waals surface area contributed by atoms with E-state index in [-0.39, 0.29) is 5.75 Å². The van der Waals surface area contributed by atoms with Crippen LogP contribution < -0.4 is 24.8 Å². The molecule has 0 fully saturated rings. The van der Waals surface area contributed by atoms with Crippen molar-refractivity contribution < 1.29 is 17.9 Å². The van der Waals surface area contributed by atoms with Crippen molar-refractivity contribution in [2.75, 3.05) is 40.1 Å². The number of sulfonamides is 1. The molecule has 0 saturated heterocycles. The van der Waals surface area contributed by atoms with Gasteiger partial charge >= 0.3 is 0 Å². The minimum absolute atomic E-state index is 0.0906. The van der Waals surface area contributed by atoms with Gasteiger partial charge in [0.15, 0.2) is 5.96 Å². The fourth-order valence-corrected chi connectivity index (χ4v) is 2.68. The molecular weight excluding hydrogens is 344 g/mol. The molecule has 1 aromatic rings. The number of benzene rings is 1. The number of methoxy groups -OCH3 is 2. The van der Waals surface area contributed by atoms with Crippen molar-refractivity contribution in [2.24, 2.45) is 4.99 Å². The van der Waals surface area contributed by atoms with Gasteiger partial charge in [-0.15, -0.1) is 0 Å². The predicted octanol–water partition coefficient (Wildman–Crippen LogP) is 0.698. The SMILES string of the molecule is CCS(=O)(=O)NCCCNC(=NC)NCc1ccc(OC)cc1OC. The van der Waals surface area contributed by atoms with Gasteiger partial charge in [0, 0.05) is 38.3 Å². The second-order valence-corrected chi connectivity index (χ2v) is 7.28. The third-order valence-corrected chi connectivity index (χ3v) is 4.92. The van der Waals surface area contributed by atoms with E-state index < -0.39 is 10.0 Å². The first-order valence-electron chi connectivity index (χ1n) is 8.08. The van der Waals surface area contributed by atoms with E-state index in [9.17, 15) is 8.42 Å². The zero-order chi connectivity index (χ0) is 18.7. The van der Waals surface area contributed by atoms with Crippen LogP contribution in [-0.4, -0.2) is 54.5 Å². The molecule has 0 spiro atoms. The summed E-state index contributed by atoms with van der Waals surface area (Å²) in [6.07, 6.45) is 0.659. The molecule has 0 aliphatic carbocycles. The summed E-state index contributed by atoms with van der Waals surface area (Å²) in [4.78, 5) is 4.15. The molecule has 1 rings (SSSR count). The van der Waals surface area contributed by atoms with Crippen molar-refractivity contribution in [3.05, 3.63) is 23.8 Å². The molecule has 0 aliphatic rings. The molecule has 3 N–H and O–H groups in total. The standard InChI is InChI=1S/C16H28N4O4S/c1-5-25(21,22)20-10-6-9-18-16(17-2)19-12-13-7-8-14(23-3)11-15(13)24-4/h7-8,11,20H,5-6,9-10,12H2,1-4H3,(H2,17,18,19). The Morgan fingerprint density at radius 3 is 2.52 bits per heavy atom. The highest BCUT2D eigenvalue weighted by molar-refractivity contribution is 7.89. The van der Waals surface area contributed by atoms with Crippen LogP contribution in [-0.2, 0) is 16.6 Å². The molecule has 1 aromatic carbocycles. The van der Waals surface area contributed by atoms with E-state index in [1.54, 1.807) is 28.2 Å². The van der Waals surface area contributed by atoms with Gasteiger partial charge in [-0.1, -0.05) is 0 Å². The van der Waals surface area contributed by atoms with E-state index in [0.717, 1.165) is 17.1 Å². The Kier molecular flexibility index (Phi) is 9.07. The molecule has 9 heteroatoms. The maximum Gasteiger partial charge on any atom is 0.211 e. The van der Waals surface area contributed by atoms with Crippen molar-refractivity contribution >= 4 is 16.0 Å². The van der Waals surface area contributed by atoms with E-state index in [2.05, 4.69) is 20.3 Å². The third kappa shape index (κ3) is 7.61. The summed E-state index contributed by atoms with van der Waals surface area (Å²) in [5, 5.41) is 6.34. The lowest BCUT2D eigenvalue weighted by atomic mass is 10.2. The zero-order valence-electron chi connectivity index (χ0n) is 15.3. The van der Waals surface area contributed by atoms with E-state index in [4.69, 9.17) is 9.47 Å². The van der Waals surface area contributed by atoms with Crippen LogP contribution in [0.4, 0.5) is 0 Å². The van der Waals surface area contributed by atoms with Crippen LogP contribution in [0.2, 0.25) is 0 Å². The van der Waals surface area contributed by atoms with Crippen LogP contribution >= 0.6 is 0 Å². The molecule has 0 aromatic heterocycles. The second-order valence-electron chi connectivity index (χ2n) is 5.18. The lowest BCUT2D eigenvalue weighted by Gasteiger charge is -2.14. The Bertz CT molecular complexity index is 662. The van der Waals surface area contributed by atoms with Crippen LogP contribution in [0.25, 0.3) is 0 Å². The number of hydrogen-bond acceptors (Lipinski definition) is 5. The predicted molar refractivity (Wildman–Crippen MR) is 99.8 cm³/mol. The Morgan fingerprint density at radius 1 is 1.16 bits per heavy atom. The Hall–Kier alpha value is -2.00. The molecule has 0 amide bonds. The fraction of sp³-hybridized carbons (Fsp3) is 0.562. The van der Waals surface area contributed by atoms with Crippen LogP contribution in [0.1, 0.15) is 18.9 Å². The van der Waals surface area contributed by atoms with Crippen LogP contribution in [0.5, 0.6) is 11.5 Å². The molecule has 0 radical (unpaired) electrons. The topological polar surface area (TPSA) is 101 Å². The smallest absolute Gasteiger partial charge is 0.211 e. The summed E-state index contributed by atoms with van der Waals surface area (Å²) in [7, 11) is 1.77. The van der Waals surface area contributed by atoms with Gasteiger partial charge in [0.25, 0.3) is 0 Å². The number of nitrogens with one attached hydrogen (secondary N) is 3. The van der Waals surface area contributed by atoms with Crippen LogP contribution in [0.3, 0.4) is 0 Å². The van der Waals surface area contributed by atoms with Gasteiger partial charge in [-0.05, 0) is 25.5 Å². The van der Waals surface area contributed by atoms with Gasteiger partial charge in [-0.2, -0.15) is 0 Å². The van der Waals surface area contributed by atoms with Crippen molar-refractivity contribution in [1.82, 2.24) is 15.4 Å². The van der Waals surface area contributed by atoms with Crippen LogP contribution in [0, 0.1) is 0 Å². The Labute approximate surface area is 150 Å². The first kappa shape index (κ1) is 21.0. The number of rotatable bonds is 10. The summed E-state index contributed by atoms with van der Waals surface area (Å²) >= 11 is 0. The van der Waals surface area contributed by atoms with Crippen molar-refractivity contribution in [3.8, 4) is 11.5 Å². The molecule has 0 heterocycles. The first-order chi connectivity index (χ1) is 12.0. The van der Waals surface area contributed by atoms with Crippen molar-refractivity contribution in [1.29, 1.82) is 0 Å². The van der Waals surface area contributed by atoms with Gasteiger partial charge in [0.2, 0.25) is 10.0 Å². The van der Waals surface area contributed by atoms with Crippen molar-refractivity contribution in [3.63, 3.8) is 0 Å². The highest BCUT2D eigenvalue weighted by atomic mass is 32.2. The zero-order valence-corrected chi connectivity index (χ0v) is 16.1. The fourth-order valence-electron chi connectivity index (χ4n) is 2.02. The summed E-state index contributed by atoms with van der Waals surface area (Å²) in [5.74, 6) is 2.19. The average molecular weight is 372 g/mol. The lowest BCUT2D eigenvalue weighted by Crippen LogP contribution is -2.38. The Balaban J connectivity index is 2.42. The summed E-state index contributed by atoms with van der Waals surface area (Å²) in [6, 6.07) is 5.63. The highest BCUT2D eigenvalue weighted by Gasteiger charge is 2.07. The quantitative estimate of drug-likeness (QED) is 0.317. The number of guanidine groups is 1. The minimum atomic E-state index is -3.13. The molecular formula is C16H28N4O4S. The summed E-state index contributed by atoms with van der Waals surface area (Å²) in [5.41, 5.74) is 0.974. The summed E-state index contributed by atoms with van der Waals surface area (Å²) in [6.45, 7) is 3.15. The minimum Gasteiger partial charge on any atom is -0.497 e. The summed E-state index contributed by atoms with van der Waals surface area (Å²) < 4.78 is 35.7. The Morgan fingerprint density at radius 2 is 1.92 bits per heavy atom. The number of aliphatic imine (C=N–C) groups is 1. The van der Waals surface area contributed by atoms with Gasteiger partial charge in [-0.25, -0.2) is 13.1 Å². The van der Waals surface area contributed by atoms with E-state index in [1.165, 1.54) is 0 Å². The number of hydrogen-bond donors (Lipinski definition) is 3. The molecule has 0 bridgehead atoms. The van der Waals surface area contributed by atoms with Gasteiger partial charge in [-0.3, -0.25) is 4.99 Å². The van der Waals surface area contributed by atoms with Gasteiger partial charge in [0.05, 0.1) is 20.0 Å².